The van der Waals surface area contributed by atoms with Gasteiger partial charge in [0.1, 0.15) is 4.90 Å². The van der Waals surface area contributed by atoms with Gasteiger partial charge >= 0.3 is 0 Å². The lowest BCUT2D eigenvalue weighted by Crippen LogP contribution is -2.39. The predicted octanol–water partition coefficient (Wildman–Crippen LogP) is 2.38. The number of sulfonamides is 1. The van der Waals surface area contributed by atoms with E-state index in [1.165, 1.54) is 4.31 Å². The second kappa shape index (κ2) is 6.37. The fraction of sp³-hybridized carbons (Fsp3) is 0.571. The Morgan fingerprint density at radius 1 is 1.29 bits per heavy atom. The zero-order valence-corrected chi connectivity index (χ0v) is 12.8. The molecule has 0 heterocycles. The van der Waals surface area contributed by atoms with E-state index in [0.717, 1.165) is 37.8 Å². The highest BCUT2D eigenvalue weighted by atomic mass is 32.2. The smallest absolute Gasteiger partial charge is 0.246 e. The van der Waals surface area contributed by atoms with Crippen molar-refractivity contribution in [1.29, 1.82) is 0 Å². The molecule has 0 amide bonds. The fourth-order valence-corrected chi connectivity index (χ4v) is 4.69. The summed E-state index contributed by atoms with van der Waals surface area (Å²) in [5, 5.41) is 0. The Balaban J connectivity index is 2.49. The largest absolute Gasteiger partial charge is 0.326 e. The molecule has 0 saturated heterocycles. The monoisotopic (exact) mass is 318 g/mol. The molecule has 0 aliphatic heterocycles. The molecule has 2 N–H and O–H groups in total. The molecule has 1 aliphatic carbocycles. The van der Waals surface area contributed by atoms with Crippen molar-refractivity contribution in [2.75, 3.05) is 6.54 Å². The van der Waals surface area contributed by atoms with E-state index >= 15 is 0 Å². The molecule has 0 bridgehead atoms. The second-order valence-electron chi connectivity index (χ2n) is 5.24. The number of hydrogen-bond acceptors (Lipinski definition) is 3. The van der Waals surface area contributed by atoms with Crippen molar-refractivity contribution in [3.05, 3.63) is 29.3 Å². The van der Waals surface area contributed by atoms with E-state index < -0.39 is 26.6 Å². The Kier molecular flexibility index (Phi) is 4.95. The minimum Gasteiger partial charge on any atom is -0.326 e. The Morgan fingerprint density at radius 2 is 1.90 bits per heavy atom. The van der Waals surface area contributed by atoms with Crippen molar-refractivity contribution in [2.24, 2.45) is 5.73 Å². The highest BCUT2D eigenvalue weighted by Crippen LogP contribution is 2.30. The fourth-order valence-electron chi connectivity index (χ4n) is 2.87. The molecule has 1 saturated carbocycles. The Bertz CT molecular complexity index is 614. The average Bonchev–Trinajstić information content (AvgIpc) is 2.95. The van der Waals surface area contributed by atoms with Crippen LogP contribution in [0.5, 0.6) is 0 Å². The third-order valence-corrected chi connectivity index (χ3v) is 5.95. The minimum atomic E-state index is -4.06. The molecular formula is C14H20F2N2O2S. The molecular weight excluding hydrogens is 298 g/mol. The lowest BCUT2D eigenvalue weighted by molar-refractivity contribution is 0.332. The summed E-state index contributed by atoms with van der Waals surface area (Å²) in [5.41, 5.74) is 5.67. The molecule has 1 aromatic carbocycles. The molecule has 21 heavy (non-hydrogen) atoms. The van der Waals surface area contributed by atoms with E-state index in [4.69, 9.17) is 5.73 Å². The van der Waals surface area contributed by atoms with Crippen molar-refractivity contribution >= 4 is 10.0 Å². The van der Waals surface area contributed by atoms with Crippen LogP contribution in [0.15, 0.2) is 17.0 Å². The molecule has 1 fully saturated rings. The van der Waals surface area contributed by atoms with Crippen molar-refractivity contribution in [1.82, 2.24) is 4.31 Å². The first-order valence-corrected chi connectivity index (χ1v) is 8.55. The van der Waals surface area contributed by atoms with Crippen LogP contribution in [0, 0.1) is 11.6 Å². The van der Waals surface area contributed by atoms with Gasteiger partial charge in [0, 0.05) is 19.1 Å². The van der Waals surface area contributed by atoms with E-state index in [0.29, 0.717) is 0 Å². The summed E-state index contributed by atoms with van der Waals surface area (Å²) in [6.07, 6.45) is 3.42. The van der Waals surface area contributed by atoms with Crippen LogP contribution in [0.4, 0.5) is 8.78 Å². The van der Waals surface area contributed by atoms with Gasteiger partial charge in [0.25, 0.3) is 0 Å². The first kappa shape index (κ1) is 16.3. The molecule has 0 unspecified atom stereocenters. The van der Waals surface area contributed by atoms with Gasteiger partial charge < -0.3 is 5.73 Å². The molecule has 0 radical (unpaired) electrons. The maximum atomic E-state index is 14.0. The molecule has 1 aliphatic rings. The average molecular weight is 318 g/mol. The Hall–Kier alpha value is -1.05. The van der Waals surface area contributed by atoms with Gasteiger partial charge in [-0.15, -0.1) is 0 Å². The number of nitrogens with two attached hydrogens (primary N) is 1. The predicted molar refractivity (Wildman–Crippen MR) is 76.1 cm³/mol. The quantitative estimate of drug-likeness (QED) is 0.906. The van der Waals surface area contributed by atoms with Crippen LogP contribution < -0.4 is 5.73 Å². The summed E-state index contributed by atoms with van der Waals surface area (Å²) in [6, 6.07) is 1.93. The number of halogens is 2. The maximum absolute atomic E-state index is 14.0. The van der Waals surface area contributed by atoms with E-state index in [-0.39, 0.29) is 24.7 Å². The van der Waals surface area contributed by atoms with Crippen molar-refractivity contribution in [3.63, 3.8) is 0 Å². The number of nitrogens with zero attached hydrogens (tertiary/aromatic N) is 1. The van der Waals surface area contributed by atoms with Crippen LogP contribution in [-0.2, 0) is 16.6 Å². The third-order valence-electron chi connectivity index (χ3n) is 3.92. The SMILES string of the molecule is CCN(C1CCCC1)S(=O)(=O)c1cc(CN)cc(F)c1F. The highest BCUT2D eigenvalue weighted by Gasteiger charge is 2.34. The third kappa shape index (κ3) is 3.09. The van der Waals surface area contributed by atoms with Gasteiger partial charge in [0.05, 0.1) is 0 Å². The van der Waals surface area contributed by atoms with Gasteiger partial charge in [-0.25, -0.2) is 17.2 Å². The van der Waals surface area contributed by atoms with Crippen LogP contribution in [0.3, 0.4) is 0 Å². The normalized spacial score (nSPS) is 16.8. The zero-order valence-electron chi connectivity index (χ0n) is 12.0. The molecule has 4 nitrogen and oxygen atoms in total. The molecule has 118 valence electrons. The Morgan fingerprint density at radius 3 is 2.43 bits per heavy atom. The van der Waals surface area contributed by atoms with E-state index in [1.54, 1.807) is 6.92 Å². The summed E-state index contributed by atoms with van der Waals surface area (Å²) in [5.74, 6) is -2.51. The summed E-state index contributed by atoms with van der Waals surface area (Å²) in [4.78, 5) is -0.614. The lowest BCUT2D eigenvalue weighted by Gasteiger charge is -2.27. The summed E-state index contributed by atoms with van der Waals surface area (Å²) >= 11 is 0. The van der Waals surface area contributed by atoms with Gasteiger partial charge in [0.15, 0.2) is 11.6 Å². The first-order chi connectivity index (χ1) is 9.91. The topological polar surface area (TPSA) is 63.4 Å². The van der Waals surface area contributed by atoms with Gasteiger partial charge in [-0.3, -0.25) is 0 Å². The van der Waals surface area contributed by atoms with Crippen molar-refractivity contribution in [3.8, 4) is 0 Å². The second-order valence-corrected chi connectivity index (χ2v) is 7.10. The van der Waals surface area contributed by atoms with Gasteiger partial charge in [0.2, 0.25) is 10.0 Å². The van der Waals surface area contributed by atoms with Crippen molar-refractivity contribution < 1.29 is 17.2 Å². The minimum absolute atomic E-state index is 0.0464. The van der Waals surface area contributed by atoms with E-state index in [2.05, 4.69) is 0 Å². The lowest BCUT2D eigenvalue weighted by atomic mass is 10.2. The van der Waals surface area contributed by atoms with Crippen LogP contribution >= 0.6 is 0 Å². The molecule has 0 atom stereocenters. The van der Waals surface area contributed by atoms with E-state index in [9.17, 15) is 17.2 Å². The summed E-state index contributed by atoms with van der Waals surface area (Å²) < 4.78 is 54.2. The number of rotatable bonds is 5. The van der Waals surface area contributed by atoms with Crippen LogP contribution in [-0.4, -0.2) is 25.3 Å². The van der Waals surface area contributed by atoms with E-state index in [1.807, 2.05) is 0 Å². The van der Waals surface area contributed by atoms with Crippen LogP contribution in [0.25, 0.3) is 0 Å². The molecule has 0 spiro atoms. The summed E-state index contributed by atoms with van der Waals surface area (Å²) in [7, 11) is -4.06. The zero-order chi connectivity index (χ0) is 15.6. The molecule has 2 rings (SSSR count). The summed E-state index contributed by atoms with van der Waals surface area (Å²) in [6.45, 7) is 1.90. The van der Waals surface area contributed by atoms with Crippen molar-refractivity contribution in [2.45, 2.75) is 50.1 Å². The number of hydrogen-bond donors (Lipinski definition) is 1. The first-order valence-electron chi connectivity index (χ1n) is 7.11. The molecule has 7 heteroatoms. The van der Waals surface area contributed by atoms with Crippen LogP contribution in [0.2, 0.25) is 0 Å². The molecule has 0 aromatic heterocycles. The van der Waals surface area contributed by atoms with Gasteiger partial charge in [-0.05, 0) is 30.5 Å². The highest BCUT2D eigenvalue weighted by molar-refractivity contribution is 7.89. The maximum Gasteiger partial charge on any atom is 0.246 e. The standard InChI is InChI=1S/C14H20F2N2O2S/c1-2-18(11-5-3-4-6-11)21(19,20)13-8-10(9-17)7-12(15)14(13)16/h7-8,11H,2-6,9,17H2,1H3. The van der Waals surface area contributed by atoms with Gasteiger partial charge in [-0.1, -0.05) is 19.8 Å². The Labute approximate surface area is 124 Å². The molecule has 1 aromatic rings. The number of benzene rings is 1. The van der Waals surface area contributed by atoms with Crippen LogP contribution in [0.1, 0.15) is 38.2 Å². The van der Waals surface area contributed by atoms with Gasteiger partial charge in [-0.2, -0.15) is 4.31 Å².